The molecule has 1 aliphatic carbocycles. The lowest BCUT2D eigenvalue weighted by Gasteiger charge is -2.41. The van der Waals surface area contributed by atoms with Gasteiger partial charge >= 0.3 is 0 Å². The molecule has 1 saturated carbocycles. The summed E-state index contributed by atoms with van der Waals surface area (Å²) >= 11 is 0. The van der Waals surface area contributed by atoms with Crippen LogP contribution in [-0.2, 0) is 0 Å². The summed E-state index contributed by atoms with van der Waals surface area (Å²) in [5, 5.41) is 0. The third-order valence-electron chi connectivity index (χ3n) is 6.04. The van der Waals surface area contributed by atoms with Crippen LogP contribution in [-0.4, -0.2) is 30.1 Å². The van der Waals surface area contributed by atoms with Crippen LogP contribution in [0, 0.1) is 5.92 Å². The molecule has 0 bridgehead atoms. The molecule has 2 nitrogen and oxygen atoms in total. The average molecular weight is 311 g/mol. The van der Waals surface area contributed by atoms with Gasteiger partial charge in [0, 0.05) is 18.1 Å². The van der Waals surface area contributed by atoms with Crippen molar-refractivity contribution in [3.05, 3.63) is 0 Å². The van der Waals surface area contributed by atoms with Gasteiger partial charge in [0.1, 0.15) is 0 Å². The second-order valence-corrected chi connectivity index (χ2v) is 8.00. The van der Waals surface area contributed by atoms with E-state index in [1.165, 1.54) is 83.6 Å². The van der Waals surface area contributed by atoms with Crippen LogP contribution in [0.2, 0.25) is 0 Å². The Bertz CT molecular complexity index is 279. The van der Waals surface area contributed by atoms with E-state index in [9.17, 15) is 0 Å². The van der Waals surface area contributed by atoms with E-state index in [0.29, 0.717) is 11.6 Å². The first kappa shape index (κ1) is 20.0. The Kier molecular flexibility index (Phi) is 9.66. The quantitative estimate of drug-likeness (QED) is 0.492. The maximum Gasteiger partial charge on any atom is 0.0178 e. The lowest BCUT2D eigenvalue weighted by Crippen LogP contribution is -2.47. The third kappa shape index (κ3) is 6.58. The van der Waals surface area contributed by atoms with Crippen molar-refractivity contribution < 1.29 is 0 Å². The number of nitrogens with two attached hydrogens (primary N) is 1. The molecule has 0 saturated heterocycles. The summed E-state index contributed by atoms with van der Waals surface area (Å²) in [6.07, 6.45) is 16.2. The number of rotatable bonds is 12. The minimum absolute atomic E-state index is 0.380. The topological polar surface area (TPSA) is 29.3 Å². The van der Waals surface area contributed by atoms with Crippen LogP contribution < -0.4 is 5.73 Å². The highest BCUT2D eigenvalue weighted by atomic mass is 15.2. The van der Waals surface area contributed by atoms with Crippen LogP contribution in [0.5, 0.6) is 0 Å². The second kappa shape index (κ2) is 10.6. The number of nitrogens with zero attached hydrogens (tertiary/aromatic N) is 1. The second-order valence-electron chi connectivity index (χ2n) is 8.00. The Labute approximate surface area is 140 Å². The molecule has 0 spiro atoms. The van der Waals surface area contributed by atoms with Crippen molar-refractivity contribution in [1.29, 1.82) is 0 Å². The van der Waals surface area contributed by atoms with Gasteiger partial charge < -0.3 is 10.6 Å². The Morgan fingerprint density at radius 1 is 0.955 bits per heavy atom. The van der Waals surface area contributed by atoms with E-state index in [1.807, 2.05) is 0 Å². The van der Waals surface area contributed by atoms with Gasteiger partial charge in [-0.05, 0) is 45.6 Å². The summed E-state index contributed by atoms with van der Waals surface area (Å²) in [5.41, 5.74) is 6.69. The molecule has 0 heterocycles. The van der Waals surface area contributed by atoms with Crippen molar-refractivity contribution in [2.24, 2.45) is 11.7 Å². The highest BCUT2D eigenvalue weighted by Crippen LogP contribution is 2.32. The lowest BCUT2D eigenvalue weighted by atomic mass is 9.86. The number of hydrogen-bond donors (Lipinski definition) is 1. The molecule has 3 atom stereocenters. The molecule has 0 aromatic carbocycles. The summed E-state index contributed by atoms with van der Waals surface area (Å²) in [4.78, 5) is 2.67. The standard InChI is InChI=1S/C20H42N2/c1-5-7-9-11-16-20(3,15-10-8-6-2)22(4)17-18-13-12-14-19(18)21/h18-19H,5-17,21H2,1-4H3/t18-,19?,20?/m1/s1. The van der Waals surface area contributed by atoms with Gasteiger partial charge in [0.15, 0.2) is 0 Å². The Morgan fingerprint density at radius 3 is 2.09 bits per heavy atom. The van der Waals surface area contributed by atoms with E-state index in [1.54, 1.807) is 0 Å². The summed E-state index contributed by atoms with van der Waals surface area (Å²) in [5.74, 6) is 0.728. The molecule has 0 aromatic rings. The SMILES string of the molecule is CCCCCCC(C)(CCCCC)N(C)C[C@H]1CCCC1N. The molecule has 0 radical (unpaired) electrons. The molecule has 2 unspecified atom stereocenters. The zero-order valence-corrected chi connectivity index (χ0v) is 15.9. The fraction of sp³-hybridized carbons (Fsp3) is 1.00. The van der Waals surface area contributed by atoms with Gasteiger partial charge in [-0.1, -0.05) is 65.2 Å². The predicted molar refractivity (Wildman–Crippen MR) is 99.3 cm³/mol. The molecule has 1 rings (SSSR count). The Morgan fingerprint density at radius 2 is 1.55 bits per heavy atom. The highest BCUT2D eigenvalue weighted by Gasteiger charge is 2.32. The van der Waals surface area contributed by atoms with Gasteiger partial charge in [-0.15, -0.1) is 0 Å². The molecule has 1 aliphatic rings. The van der Waals surface area contributed by atoms with Crippen LogP contribution in [0.4, 0.5) is 0 Å². The van der Waals surface area contributed by atoms with E-state index in [0.717, 1.165) is 5.92 Å². The van der Waals surface area contributed by atoms with Crippen LogP contribution in [0.3, 0.4) is 0 Å². The minimum atomic E-state index is 0.380. The van der Waals surface area contributed by atoms with Gasteiger partial charge in [-0.2, -0.15) is 0 Å². The van der Waals surface area contributed by atoms with E-state index in [4.69, 9.17) is 5.73 Å². The molecule has 0 aromatic heterocycles. The van der Waals surface area contributed by atoms with Crippen LogP contribution in [0.1, 0.15) is 97.8 Å². The zero-order chi connectivity index (χ0) is 16.4. The highest BCUT2D eigenvalue weighted by molar-refractivity contribution is 4.89. The van der Waals surface area contributed by atoms with Gasteiger partial charge in [-0.25, -0.2) is 0 Å². The first-order chi connectivity index (χ1) is 10.5. The van der Waals surface area contributed by atoms with Crippen LogP contribution in [0.25, 0.3) is 0 Å². The van der Waals surface area contributed by atoms with E-state index in [2.05, 4.69) is 32.7 Å². The Balaban J connectivity index is 2.52. The van der Waals surface area contributed by atoms with Crippen LogP contribution in [0.15, 0.2) is 0 Å². The van der Waals surface area contributed by atoms with E-state index in [-0.39, 0.29) is 0 Å². The fourth-order valence-corrected chi connectivity index (χ4v) is 4.06. The van der Waals surface area contributed by atoms with Crippen molar-refractivity contribution in [2.75, 3.05) is 13.6 Å². The van der Waals surface area contributed by atoms with Crippen molar-refractivity contribution in [3.63, 3.8) is 0 Å². The van der Waals surface area contributed by atoms with Gasteiger partial charge in [0.05, 0.1) is 0 Å². The maximum atomic E-state index is 6.31. The summed E-state index contributed by atoms with van der Waals surface area (Å²) in [6.45, 7) is 8.32. The molecule has 22 heavy (non-hydrogen) atoms. The van der Waals surface area contributed by atoms with E-state index < -0.39 is 0 Å². The molecule has 132 valence electrons. The van der Waals surface area contributed by atoms with Crippen molar-refractivity contribution in [1.82, 2.24) is 4.90 Å². The normalized spacial score (nSPS) is 24.8. The van der Waals surface area contributed by atoms with Gasteiger partial charge in [-0.3, -0.25) is 0 Å². The van der Waals surface area contributed by atoms with E-state index >= 15 is 0 Å². The van der Waals surface area contributed by atoms with Crippen molar-refractivity contribution in [2.45, 2.75) is 109 Å². The minimum Gasteiger partial charge on any atom is -0.327 e. The lowest BCUT2D eigenvalue weighted by molar-refractivity contribution is 0.0891. The molecule has 1 fully saturated rings. The molecule has 2 N–H and O–H groups in total. The summed E-state index contributed by atoms with van der Waals surface area (Å²) in [7, 11) is 2.36. The zero-order valence-electron chi connectivity index (χ0n) is 15.9. The Hall–Kier alpha value is -0.0800. The fourth-order valence-electron chi connectivity index (χ4n) is 4.06. The molecular formula is C20H42N2. The maximum absolute atomic E-state index is 6.31. The first-order valence-electron chi connectivity index (χ1n) is 10.00. The smallest absolute Gasteiger partial charge is 0.0178 e. The first-order valence-corrected chi connectivity index (χ1v) is 10.00. The van der Waals surface area contributed by atoms with Crippen molar-refractivity contribution in [3.8, 4) is 0 Å². The average Bonchev–Trinajstić information content (AvgIpc) is 2.89. The summed E-state index contributed by atoms with van der Waals surface area (Å²) < 4.78 is 0. The van der Waals surface area contributed by atoms with Crippen molar-refractivity contribution >= 4 is 0 Å². The largest absolute Gasteiger partial charge is 0.327 e. The van der Waals surface area contributed by atoms with Gasteiger partial charge in [0.25, 0.3) is 0 Å². The van der Waals surface area contributed by atoms with Crippen LogP contribution >= 0.6 is 0 Å². The molecular weight excluding hydrogens is 268 g/mol. The monoisotopic (exact) mass is 310 g/mol. The summed E-state index contributed by atoms with van der Waals surface area (Å²) in [6, 6.07) is 0.447. The van der Waals surface area contributed by atoms with Gasteiger partial charge in [0.2, 0.25) is 0 Å². The number of hydrogen-bond acceptors (Lipinski definition) is 2. The molecule has 0 aliphatic heterocycles. The predicted octanol–water partition coefficient (Wildman–Crippen LogP) is 5.36. The molecule has 0 amide bonds. The number of unbranched alkanes of at least 4 members (excludes halogenated alkanes) is 5. The molecule has 2 heteroatoms. The third-order valence-corrected chi connectivity index (χ3v) is 6.04.